The van der Waals surface area contributed by atoms with Gasteiger partial charge in [-0.2, -0.15) is 0 Å². The average molecular weight is 210 g/mol. The summed E-state index contributed by atoms with van der Waals surface area (Å²) in [6.07, 6.45) is 10.2. The van der Waals surface area contributed by atoms with Crippen LogP contribution in [0.5, 0.6) is 0 Å². The molecule has 1 aliphatic heterocycles. The highest BCUT2D eigenvalue weighted by molar-refractivity contribution is 4.87. The minimum Gasteiger partial charge on any atom is -0.320 e. The van der Waals surface area contributed by atoms with Gasteiger partial charge in [0.2, 0.25) is 0 Å². The summed E-state index contributed by atoms with van der Waals surface area (Å²) >= 11 is 0. The molecule has 0 aromatic heterocycles. The molecule has 1 heterocycles. The molecule has 2 fully saturated rings. The molecule has 0 aromatic carbocycles. The molecule has 0 spiro atoms. The molecule has 0 radical (unpaired) electrons. The van der Waals surface area contributed by atoms with Crippen molar-refractivity contribution in [1.82, 2.24) is 10.2 Å². The Balaban J connectivity index is 1.81. The standard InChI is InChI=1S/C13H26N2/c1-14-9-5-11-15-10-4-7-12-6-2-3-8-13(12)15/h12-14H,2-11H2,1H3/t12-,13-/m1/s1. The highest BCUT2D eigenvalue weighted by Gasteiger charge is 2.32. The largest absolute Gasteiger partial charge is 0.320 e. The number of nitrogens with zero attached hydrogens (tertiary/aromatic N) is 1. The molecule has 0 bridgehead atoms. The molecule has 15 heavy (non-hydrogen) atoms. The van der Waals surface area contributed by atoms with Crippen LogP contribution in [0.15, 0.2) is 0 Å². The van der Waals surface area contributed by atoms with Crippen LogP contribution in [0.25, 0.3) is 0 Å². The Hall–Kier alpha value is -0.0800. The maximum atomic E-state index is 3.25. The predicted octanol–water partition coefficient (Wildman–Crippen LogP) is 2.25. The molecule has 88 valence electrons. The summed E-state index contributed by atoms with van der Waals surface area (Å²) in [5.41, 5.74) is 0. The van der Waals surface area contributed by atoms with E-state index in [-0.39, 0.29) is 0 Å². The predicted molar refractivity (Wildman–Crippen MR) is 65.1 cm³/mol. The van der Waals surface area contributed by atoms with Crippen LogP contribution >= 0.6 is 0 Å². The third-order valence-electron chi connectivity index (χ3n) is 4.23. The molecule has 2 atom stereocenters. The molecule has 1 N–H and O–H groups in total. The summed E-state index contributed by atoms with van der Waals surface area (Å²) in [7, 11) is 2.06. The zero-order valence-corrected chi connectivity index (χ0v) is 10.2. The molecule has 1 saturated carbocycles. The van der Waals surface area contributed by atoms with E-state index in [1.54, 1.807) is 0 Å². The zero-order valence-electron chi connectivity index (χ0n) is 10.2. The summed E-state index contributed by atoms with van der Waals surface area (Å²) in [5.74, 6) is 1.04. The molecule has 0 unspecified atom stereocenters. The third kappa shape index (κ3) is 2.94. The van der Waals surface area contributed by atoms with Crippen molar-refractivity contribution in [3.05, 3.63) is 0 Å². The van der Waals surface area contributed by atoms with Gasteiger partial charge in [-0.25, -0.2) is 0 Å². The van der Waals surface area contributed by atoms with E-state index in [9.17, 15) is 0 Å². The number of fused-ring (bicyclic) bond motifs is 1. The van der Waals surface area contributed by atoms with Crippen molar-refractivity contribution >= 4 is 0 Å². The second-order valence-electron chi connectivity index (χ2n) is 5.25. The quantitative estimate of drug-likeness (QED) is 0.716. The Labute approximate surface area is 94.4 Å². The van der Waals surface area contributed by atoms with Crippen molar-refractivity contribution in [3.63, 3.8) is 0 Å². The number of hydrogen-bond donors (Lipinski definition) is 1. The lowest BCUT2D eigenvalue weighted by Crippen LogP contribution is -2.47. The van der Waals surface area contributed by atoms with Gasteiger partial charge in [0.15, 0.2) is 0 Å². The minimum atomic E-state index is 0.948. The average Bonchev–Trinajstić information content (AvgIpc) is 2.30. The lowest BCUT2D eigenvalue weighted by atomic mass is 9.78. The van der Waals surface area contributed by atoms with Gasteiger partial charge in [0, 0.05) is 6.04 Å². The SMILES string of the molecule is CNCCCN1CCC[C@H]2CCCC[C@H]21. The molecule has 2 nitrogen and oxygen atoms in total. The lowest BCUT2D eigenvalue weighted by Gasteiger charge is -2.44. The first-order valence-corrected chi connectivity index (χ1v) is 6.80. The zero-order chi connectivity index (χ0) is 10.5. The van der Waals surface area contributed by atoms with E-state index < -0.39 is 0 Å². The Kier molecular flexibility index (Phi) is 4.45. The van der Waals surface area contributed by atoms with Crippen LogP contribution in [0.1, 0.15) is 44.9 Å². The van der Waals surface area contributed by atoms with E-state index in [1.165, 1.54) is 64.6 Å². The van der Waals surface area contributed by atoms with Crippen molar-refractivity contribution in [2.24, 2.45) is 5.92 Å². The Morgan fingerprint density at radius 1 is 1.13 bits per heavy atom. The van der Waals surface area contributed by atoms with Gasteiger partial charge < -0.3 is 10.2 Å². The van der Waals surface area contributed by atoms with E-state index in [0.717, 1.165) is 12.0 Å². The van der Waals surface area contributed by atoms with Gasteiger partial charge in [0.25, 0.3) is 0 Å². The van der Waals surface area contributed by atoms with E-state index in [0.29, 0.717) is 0 Å². The summed E-state index contributed by atoms with van der Waals surface area (Å²) in [4.78, 5) is 2.78. The van der Waals surface area contributed by atoms with Crippen LogP contribution in [0, 0.1) is 5.92 Å². The van der Waals surface area contributed by atoms with E-state index in [2.05, 4.69) is 17.3 Å². The van der Waals surface area contributed by atoms with Gasteiger partial charge in [0.05, 0.1) is 0 Å². The van der Waals surface area contributed by atoms with Crippen molar-refractivity contribution in [2.45, 2.75) is 51.0 Å². The topological polar surface area (TPSA) is 15.3 Å². The fourth-order valence-electron chi connectivity index (χ4n) is 3.46. The molecule has 2 heteroatoms. The van der Waals surface area contributed by atoms with E-state index in [4.69, 9.17) is 0 Å². The van der Waals surface area contributed by atoms with Gasteiger partial charge in [-0.3, -0.25) is 0 Å². The molecular formula is C13H26N2. The van der Waals surface area contributed by atoms with Gasteiger partial charge in [-0.05, 0) is 64.7 Å². The molecule has 0 amide bonds. The van der Waals surface area contributed by atoms with Crippen LogP contribution in [0.4, 0.5) is 0 Å². The second kappa shape index (κ2) is 5.86. The first-order valence-electron chi connectivity index (χ1n) is 6.80. The Morgan fingerprint density at radius 3 is 2.80 bits per heavy atom. The van der Waals surface area contributed by atoms with Crippen molar-refractivity contribution in [2.75, 3.05) is 26.7 Å². The van der Waals surface area contributed by atoms with Crippen LogP contribution in [0.2, 0.25) is 0 Å². The van der Waals surface area contributed by atoms with Crippen molar-refractivity contribution in [3.8, 4) is 0 Å². The lowest BCUT2D eigenvalue weighted by molar-refractivity contribution is 0.0603. The van der Waals surface area contributed by atoms with Crippen molar-refractivity contribution < 1.29 is 0 Å². The first kappa shape index (κ1) is 11.4. The van der Waals surface area contributed by atoms with Gasteiger partial charge in [-0.15, -0.1) is 0 Å². The van der Waals surface area contributed by atoms with Crippen LogP contribution in [-0.2, 0) is 0 Å². The monoisotopic (exact) mass is 210 g/mol. The summed E-state index contributed by atoms with van der Waals surface area (Å²) in [5, 5.41) is 3.25. The smallest absolute Gasteiger partial charge is 0.0123 e. The van der Waals surface area contributed by atoms with Gasteiger partial charge in [0.1, 0.15) is 0 Å². The Bertz CT molecular complexity index is 179. The normalized spacial score (nSPS) is 32.6. The first-order chi connectivity index (χ1) is 7.42. The van der Waals surface area contributed by atoms with E-state index >= 15 is 0 Å². The van der Waals surface area contributed by atoms with Crippen LogP contribution in [0.3, 0.4) is 0 Å². The third-order valence-corrected chi connectivity index (χ3v) is 4.23. The fourth-order valence-corrected chi connectivity index (χ4v) is 3.46. The molecule has 2 rings (SSSR count). The Morgan fingerprint density at radius 2 is 1.93 bits per heavy atom. The molecule has 1 saturated heterocycles. The van der Waals surface area contributed by atoms with Gasteiger partial charge >= 0.3 is 0 Å². The number of piperidine rings is 1. The van der Waals surface area contributed by atoms with E-state index in [1.807, 2.05) is 0 Å². The summed E-state index contributed by atoms with van der Waals surface area (Å²) < 4.78 is 0. The molecular weight excluding hydrogens is 184 g/mol. The number of hydrogen-bond acceptors (Lipinski definition) is 2. The van der Waals surface area contributed by atoms with Crippen molar-refractivity contribution in [1.29, 1.82) is 0 Å². The minimum absolute atomic E-state index is 0.948. The summed E-state index contributed by atoms with van der Waals surface area (Å²) in [6.45, 7) is 3.86. The highest BCUT2D eigenvalue weighted by Crippen LogP contribution is 2.35. The fraction of sp³-hybridized carbons (Fsp3) is 1.00. The number of rotatable bonds is 4. The maximum absolute atomic E-state index is 3.25. The van der Waals surface area contributed by atoms with Crippen LogP contribution < -0.4 is 5.32 Å². The molecule has 1 aliphatic carbocycles. The maximum Gasteiger partial charge on any atom is 0.0123 e. The number of nitrogens with one attached hydrogen (secondary N) is 1. The highest BCUT2D eigenvalue weighted by atomic mass is 15.2. The summed E-state index contributed by atoms with van der Waals surface area (Å²) in [6, 6.07) is 0.948. The van der Waals surface area contributed by atoms with Crippen LogP contribution in [-0.4, -0.2) is 37.6 Å². The second-order valence-corrected chi connectivity index (χ2v) is 5.25. The molecule has 2 aliphatic rings. The van der Waals surface area contributed by atoms with Gasteiger partial charge in [-0.1, -0.05) is 12.8 Å². The molecule has 0 aromatic rings. The number of likely N-dealkylation sites (tertiary alicyclic amines) is 1.